The summed E-state index contributed by atoms with van der Waals surface area (Å²) in [5.41, 5.74) is 2.84. The van der Waals surface area contributed by atoms with Crippen molar-refractivity contribution in [3.63, 3.8) is 0 Å². The number of sulfonamides is 1. The zero-order chi connectivity index (χ0) is 23.6. The van der Waals surface area contributed by atoms with E-state index >= 15 is 0 Å². The van der Waals surface area contributed by atoms with Crippen molar-refractivity contribution in [2.75, 3.05) is 0 Å². The van der Waals surface area contributed by atoms with Crippen LogP contribution in [0.1, 0.15) is 5.82 Å². The predicted octanol–water partition coefficient (Wildman–Crippen LogP) is 7.01. The molecule has 0 saturated carbocycles. The van der Waals surface area contributed by atoms with Crippen LogP contribution in [0.25, 0.3) is 22.4 Å². The molecule has 0 spiro atoms. The average molecular weight is 584 g/mol. The van der Waals surface area contributed by atoms with Crippen LogP contribution < -0.4 is 4.72 Å². The topological polar surface area (TPSA) is 72.0 Å². The zero-order valence-corrected chi connectivity index (χ0v) is 21.4. The van der Waals surface area contributed by atoms with E-state index in [1.165, 1.54) is 12.1 Å². The van der Waals surface area contributed by atoms with E-state index in [0.717, 1.165) is 15.6 Å². The van der Waals surface area contributed by atoms with Crippen molar-refractivity contribution in [3.05, 3.63) is 98.3 Å². The van der Waals surface area contributed by atoms with Gasteiger partial charge in [-0.15, -0.1) is 0 Å². The molecule has 0 aliphatic heterocycles. The maximum Gasteiger partial charge on any atom is 0.241 e. The van der Waals surface area contributed by atoms with Gasteiger partial charge in [-0.1, -0.05) is 68.9 Å². The first-order valence-corrected chi connectivity index (χ1v) is 13.0. The van der Waals surface area contributed by atoms with Crippen molar-refractivity contribution in [2.45, 2.75) is 11.4 Å². The lowest BCUT2D eigenvalue weighted by molar-refractivity contribution is 0.579. The van der Waals surface area contributed by atoms with Gasteiger partial charge >= 0.3 is 0 Å². The second kappa shape index (κ2) is 10.1. The quantitative estimate of drug-likeness (QED) is 0.265. The van der Waals surface area contributed by atoms with E-state index in [9.17, 15) is 8.42 Å². The maximum atomic E-state index is 12.7. The Labute approximate surface area is 214 Å². The second-order valence-electron chi connectivity index (χ2n) is 6.96. The zero-order valence-electron chi connectivity index (χ0n) is 16.8. The molecule has 3 aromatic carbocycles. The number of aromatic nitrogens is 2. The van der Waals surface area contributed by atoms with Crippen LogP contribution in [0.5, 0.6) is 0 Å². The Hall–Kier alpha value is -2.00. The Morgan fingerprint density at radius 3 is 2.30 bits per heavy atom. The molecule has 4 aromatic rings. The number of rotatable bonds is 6. The molecule has 0 bridgehead atoms. The molecule has 168 valence electrons. The van der Waals surface area contributed by atoms with Gasteiger partial charge in [0.15, 0.2) is 0 Å². The van der Waals surface area contributed by atoms with Crippen molar-refractivity contribution < 1.29 is 8.42 Å². The SMILES string of the molecule is O=S(=O)(NCc1ncc(-c2ccc(Br)cc2)c(-c2ccc(Cl)cc2Cl)n1)c1cccc(Cl)c1. The first-order valence-electron chi connectivity index (χ1n) is 9.55. The fraction of sp³-hybridized carbons (Fsp3) is 0.0435. The Bertz CT molecular complexity index is 1430. The van der Waals surface area contributed by atoms with Crippen LogP contribution in [0, 0.1) is 0 Å². The summed E-state index contributed by atoms with van der Waals surface area (Å²) in [4.78, 5) is 9.08. The van der Waals surface area contributed by atoms with Gasteiger partial charge in [0.05, 0.1) is 22.2 Å². The molecule has 0 amide bonds. The van der Waals surface area contributed by atoms with Gasteiger partial charge in [0.25, 0.3) is 0 Å². The summed E-state index contributed by atoms with van der Waals surface area (Å²) in [7, 11) is -3.80. The largest absolute Gasteiger partial charge is 0.241 e. The van der Waals surface area contributed by atoms with Crippen LogP contribution in [0.4, 0.5) is 0 Å². The number of hydrogen-bond acceptors (Lipinski definition) is 4. The Morgan fingerprint density at radius 2 is 1.61 bits per heavy atom. The molecule has 0 unspecified atom stereocenters. The number of hydrogen-bond donors (Lipinski definition) is 1. The molecule has 1 N–H and O–H groups in total. The van der Waals surface area contributed by atoms with Crippen LogP contribution in [0.3, 0.4) is 0 Å². The molecule has 0 saturated heterocycles. The van der Waals surface area contributed by atoms with Gasteiger partial charge in [-0.05, 0) is 54.1 Å². The number of benzene rings is 3. The highest BCUT2D eigenvalue weighted by molar-refractivity contribution is 9.10. The highest BCUT2D eigenvalue weighted by atomic mass is 79.9. The minimum atomic E-state index is -3.80. The van der Waals surface area contributed by atoms with E-state index in [-0.39, 0.29) is 17.3 Å². The van der Waals surface area contributed by atoms with Gasteiger partial charge in [0, 0.05) is 31.8 Å². The van der Waals surface area contributed by atoms with E-state index in [1.54, 1.807) is 36.5 Å². The average Bonchev–Trinajstić information content (AvgIpc) is 2.78. The molecule has 0 aliphatic rings. The standard InChI is InChI=1S/C23H15BrCl3N3O2S/c24-15-6-4-14(5-7-15)20-12-28-22(30-23(20)19-9-8-17(26)11-21(19)27)13-29-33(31,32)18-3-1-2-16(25)10-18/h1-12,29H,13H2. The van der Waals surface area contributed by atoms with E-state index in [4.69, 9.17) is 34.8 Å². The van der Waals surface area contributed by atoms with Crippen molar-refractivity contribution >= 4 is 60.8 Å². The van der Waals surface area contributed by atoms with E-state index in [2.05, 4.69) is 30.6 Å². The summed E-state index contributed by atoms with van der Waals surface area (Å²) in [6, 6.07) is 18.8. The number of nitrogens with one attached hydrogen (secondary N) is 1. The lowest BCUT2D eigenvalue weighted by Gasteiger charge is -2.13. The highest BCUT2D eigenvalue weighted by Crippen LogP contribution is 2.36. The molecule has 0 radical (unpaired) electrons. The molecule has 1 aromatic heterocycles. The molecule has 10 heteroatoms. The van der Waals surface area contributed by atoms with Gasteiger partial charge in [0.2, 0.25) is 10.0 Å². The van der Waals surface area contributed by atoms with Gasteiger partial charge in [0.1, 0.15) is 5.82 Å². The third-order valence-electron chi connectivity index (χ3n) is 4.71. The molecular weight excluding hydrogens is 569 g/mol. The third kappa shape index (κ3) is 5.74. The molecular formula is C23H15BrCl3N3O2S. The second-order valence-corrected chi connectivity index (χ2v) is 10.9. The summed E-state index contributed by atoms with van der Waals surface area (Å²) < 4.78 is 28.8. The van der Waals surface area contributed by atoms with Crippen LogP contribution in [0.2, 0.25) is 15.1 Å². The first-order chi connectivity index (χ1) is 15.7. The van der Waals surface area contributed by atoms with E-state index < -0.39 is 10.0 Å². The van der Waals surface area contributed by atoms with Crippen molar-refractivity contribution in [1.29, 1.82) is 0 Å². The summed E-state index contributed by atoms with van der Waals surface area (Å²) in [5.74, 6) is 0.280. The van der Waals surface area contributed by atoms with Gasteiger partial charge in [-0.25, -0.2) is 23.1 Å². The molecule has 1 heterocycles. The molecule has 0 fully saturated rings. The summed E-state index contributed by atoms with van der Waals surface area (Å²) in [5, 5.41) is 1.25. The maximum absolute atomic E-state index is 12.7. The summed E-state index contributed by atoms with van der Waals surface area (Å²) >= 11 is 21.9. The predicted molar refractivity (Wildman–Crippen MR) is 136 cm³/mol. The Kier molecular flexibility index (Phi) is 7.38. The van der Waals surface area contributed by atoms with E-state index in [0.29, 0.717) is 26.3 Å². The van der Waals surface area contributed by atoms with Gasteiger partial charge < -0.3 is 0 Å². The minimum Gasteiger partial charge on any atom is -0.239 e. The fourth-order valence-electron chi connectivity index (χ4n) is 3.11. The van der Waals surface area contributed by atoms with Crippen LogP contribution in [-0.4, -0.2) is 18.4 Å². The lowest BCUT2D eigenvalue weighted by Crippen LogP contribution is -2.24. The van der Waals surface area contributed by atoms with Gasteiger partial charge in [-0.3, -0.25) is 0 Å². The molecule has 0 aliphatic carbocycles. The van der Waals surface area contributed by atoms with Crippen LogP contribution >= 0.6 is 50.7 Å². The normalized spacial score (nSPS) is 11.5. The molecule has 0 atom stereocenters. The Morgan fingerprint density at radius 1 is 0.879 bits per heavy atom. The number of halogens is 4. The van der Waals surface area contributed by atoms with Crippen molar-refractivity contribution in [3.8, 4) is 22.4 Å². The van der Waals surface area contributed by atoms with Crippen LogP contribution in [-0.2, 0) is 16.6 Å². The van der Waals surface area contributed by atoms with Crippen molar-refractivity contribution in [2.24, 2.45) is 0 Å². The Balaban J connectivity index is 1.72. The smallest absolute Gasteiger partial charge is 0.239 e. The van der Waals surface area contributed by atoms with E-state index in [1.807, 2.05) is 24.3 Å². The highest BCUT2D eigenvalue weighted by Gasteiger charge is 2.18. The lowest BCUT2D eigenvalue weighted by atomic mass is 10.0. The third-order valence-corrected chi connectivity index (χ3v) is 7.42. The monoisotopic (exact) mass is 581 g/mol. The summed E-state index contributed by atoms with van der Waals surface area (Å²) in [6.45, 7) is -0.117. The van der Waals surface area contributed by atoms with Gasteiger partial charge in [-0.2, -0.15) is 0 Å². The molecule has 4 rings (SSSR count). The molecule has 33 heavy (non-hydrogen) atoms. The first kappa shape index (κ1) is 24.1. The fourth-order valence-corrected chi connectivity index (χ4v) is 5.15. The minimum absolute atomic E-state index is 0.0578. The van der Waals surface area contributed by atoms with Crippen LogP contribution in [0.15, 0.2) is 82.3 Å². The number of nitrogens with zero attached hydrogens (tertiary/aromatic N) is 2. The summed E-state index contributed by atoms with van der Waals surface area (Å²) in [6.07, 6.45) is 1.65. The molecule has 5 nitrogen and oxygen atoms in total. The van der Waals surface area contributed by atoms with Crippen molar-refractivity contribution in [1.82, 2.24) is 14.7 Å².